The second-order valence-electron chi connectivity index (χ2n) is 1.64. The third-order valence-corrected chi connectivity index (χ3v) is 0.421. The Kier molecular flexibility index (Phi) is 21.4. The summed E-state index contributed by atoms with van der Waals surface area (Å²) < 4.78 is 0. The molecule has 2 nitrogen and oxygen atoms in total. The zero-order valence-electron chi connectivity index (χ0n) is 7.11. The second kappa shape index (κ2) is 12.5. The van der Waals surface area contributed by atoms with Gasteiger partial charge in [-0.25, -0.2) is 0 Å². The van der Waals surface area contributed by atoms with Crippen molar-refractivity contribution >= 4 is 5.91 Å². The predicted molar refractivity (Wildman–Crippen MR) is 39.7 cm³/mol. The molecule has 0 unspecified atom stereocenters. The average molecular weight is 167 g/mol. The van der Waals surface area contributed by atoms with E-state index in [1.165, 1.54) is 0 Å². The number of primary amides is 1. The quantitative estimate of drug-likeness (QED) is 0.282. The molecule has 0 spiro atoms. The Hall–Kier alpha value is 0.846. The first-order valence-corrected chi connectivity index (χ1v) is 2.80. The molecule has 0 rings (SSSR count). The second-order valence-corrected chi connectivity index (χ2v) is 1.64. The molecule has 0 aromatic heterocycles. The van der Waals surface area contributed by atoms with Crippen molar-refractivity contribution in [2.75, 3.05) is 0 Å². The van der Waals surface area contributed by atoms with Crippen molar-refractivity contribution in [3.63, 3.8) is 0 Å². The van der Waals surface area contributed by atoms with Crippen LogP contribution in [0.4, 0.5) is 0 Å². The van der Waals surface area contributed by atoms with Gasteiger partial charge in [-0.15, -0.1) is 0 Å². The van der Waals surface area contributed by atoms with E-state index in [1.54, 1.807) is 6.92 Å². The van der Waals surface area contributed by atoms with Crippen molar-refractivity contribution in [1.82, 2.24) is 0 Å². The standard InChI is InChI=1S/C4H7NO.C3H7.K/c1-3(2)4(5)6;1-3-2;/h1H2,2H3,(H2,5,6);1,3H2,2H3;/q;-1;+1. The molecule has 0 atom stereocenters. The monoisotopic (exact) mass is 167 g/mol. The van der Waals surface area contributed by atoms with E-state index in [0.717, 1.165) is 6.42 Å². The molecule has 0 aliphatic heterocycles. The molecule has 10 heavy (non-hydrogen) atoms. The molecule has 1 amide bonds. The SMILES string of the molecule is C=C(C)C(N)=O.[CH2-]CC.[K+]. The normalized spacial score (nSPS) is 6.30. The van der Waals surface area contributed by atoms with Crippen molar-refractivity contribution in [3.8, 4) is 0 Å². The number of carbonyl (C=O) groups excluding carboxylic acids is 1. The number of hydrogen-bond donors (Lipinski definition) is 1. The Morgan fingerprint density at radius 1 is 1.70 bits per heavy atom. The van der Waals surface area contributed by atoms with E-state index in [-0.39, 0.29) is 51.4 Å². The minimum absolute atomic E-state index is 0. The molecular weight excluding hydrogens is 153 g/mol. The molecule has 0 fully saturated rings. The van der Waals surface area contributed by atoms with E-state index < -0.39 is 5.91 Å². The van der Waals surface area contributed by atoms with E-state index in [0.29, 0.717) is 5.57 Å². The summed E-state index contributed by atoms with van der Waals surface area (Å²) in [6, 6.07) is 0. The van der Waals surface area contributed by atoms with Gasteiger partial charge in [-0.1, -0.05) is 13.5 Å². The van der Waals surface area contributed by atoms with Gasteiger partial charge in [-0.2, -0.15) is 6.42 Å². The third-order valence-electron chi connectivity index (χ3n) is 0.421. The molecule has 0 bridgehead atoms. The van der Waals surface area contributed by atoms with E-state index in [2.05, 4.69) is 13.5 Å². The maximum atomic E-state index is 9.82. The largest absolute Gasteiger partial charge is 1.00 e. The van der Waals surface area contributed by atoms with Crippen LogP contribution in [0.25, 0.3) is 0 Å². The van der Waals surface area contributed by atoms with E-state index in [9.17, 15) is 4.79 Å². The van der Waals surface area contributed by atoms with Gasteiger partial charge >= 0.3 is 51.4 Å². The van der Waals surface area contributed by atoms with Crippen molar-refractivity contribution in [2.45, 2.75) is 20.3 Å². The molecule has 0 aromatic rings. The van der Waals surface area contributed by atoms with Gasteiger partial charge in [0.05, 0.1) is 0 Å². The first-order chi connectivity index (χ1) is 4.06. The number of amides is 1. The molecule has 0 radical (unpaired) electrons. The fourth-order valence-corrected chi connectivity index (χ4v) is 0. The Labute approximate surface area is 106 Å². The molecule has 0 aliphatic carbocycles. The molecule has 3 heteroatoms. The van der Waals surface area contributed by atoms with Crippen molar-refractivity contribution < 1.29 is 56.2 Å². The molecule has 54 valence electrons. The maximum Gasteiger partial charge on any atom is 1.00 e. The Balaban J connectivity index is -0.000000107. The first-order valence-electron chi connectivity index (χ1n) is 2.80. The predicted octanol–water partition coefficient (Wildman–Crippen LogP) is -1.72. The summed E-state index contributed by atoms with van der Waals surface area (Å²) in [5.74, 6) is -0.435. The minimum Gasteiger partial charge on any atom is -0.366 e. The fourth-order valence-electron chi connectivity index (χ4n) is 0. The van der Waals surface area contributed by atoms with Crippen molar-refractivity contribution in [3.05, 3.63) is 19.1 Å². The van der Waals surface area contributed by atoms with Gasteiger partial charge < -0.3 is 12.7 Å². The summed E-state index contributed by atoms with van der Waals surface area (Å²) in [6.07, 6.45) is 1.00. The number of hydrogen-bond acceptors (Lipinski definition) is 1. The van der Waals surface area contributed by atoms with E-state index >= 15 is 0 Å². The van der Waals surface area contributed by atoms with Crippen LogP contribution in [0.1, 0.15) is 20.3 Å². The molecule has 0 aliphatic rings. The van der Waals surface area contributed by atoms with Gasteiger partial charge in [-0.05, 0) is 6.92 Å². The molecule has 2 N–H and O–H groups in total. The Morgan fingerprint density at radius 2 is 1.80 bits per heavy atom. The average Bonchev–Trinajstić information content (AvgIpc) is 1.68. The van der Waals surface area contributed by atoms with E-state index in [1.807, 2.05) is 6.92 Å². The summed E-state index contributed by atoms with van der Waals surface area (Å²) in [4.78, 5) is 9.82. The van der Waals surface area contributed by atoms with Gasteiger partial charge in [0, 0.05) is 5.57 Å². The van der Waals surface area contributed by atoms with Crippen LogP contribution in [-0.4, -0.2) is 5.91 Å². The topological polar surface area (TPSA) is 43.1 Å². The van der Waals surface area contributed by atoms with Crippen LogP contribution in [0.5, 0.6) is 0 Å². The van der Waals surface area contributed by atoms with Crippen LogP contribution >= 0.6 is 0 Å². The van der Waals surface area contributed by atoms with Crippen LogP contribution in [0.15, 0.2) is 12.2 Å². The van der Waals surface area contributed by atoms with Crippen LogP contribution in [0, 0.1) is 6.92 Å². The summed E-state index contributed by atoms with van der Waals surface area (Å²) in [5, 5.41) is 0. The van der Waals surface area contributed by atoms with Gasteiger partial charge in [0.1, 0.15) is 0 Å². The Bertz CT molecular complexity index is 89.8. The summed E-state index contributed by atoms with van der Waals surface area (Å²) in [6.45, 7) is 10.4. The molecule has 0 saturated carbocycles. The molecular formula is C7H14KNO. The summed E-state index contributed by atoms with van der Waals surface area (Å²) >= 11 is 0. The molecule has 0 saturated heterocycles. The number of rotatable bonds is 1. The zero-order valence-corrected chi connectivity index (χ0v) is 10.2. The first kappa shape index (κ1) is 17.1. The summed E-state index contributed by atoms with van der Waals surface area (Å²) in [7, 11) is 0. The van der Waals surface area contributed by atoms with Crippen LogP contribution in [-0.2, 0) is 4.79 Å². The smallest absolute Gasteiger partial charge is 0.366 e. The van der Waals surface area contributed by atoms with Crippen LogP contribution in [0.2, 0.25) is 0 Å². The number of nitrogens with two attached hydrogens (primary N) is 1. The minimum atomic E-state index is -0.435. The van der Waals surface area contributed by atoms with Gasteiger partial charge in [0.2, 0.25) is 5.91 Å². The Morgan fingerprint density at radius 3 is 1.80 bits per heavy atom. The van der Waals surface area contributed by atoms with Gasteiger partial charge in [-0.3, -0.25) is 4.79 Å². The third kappa shape index (κ3) is 23.2. The van der Waals surface area contributed by atoms with Crippen LogP contribution in [0.3, 0.4) is 0 Å². The van der Waals surface area contributed by atoms with Crippen molar-refractivity contribution in [2.24, 2.45) is 5.73 Å². The molecule has 0 aromatic carbocycles. The van der Waals surface area contributed by atoms with Crippen LogP contribution < -0.4 is 57.1 Å². The summed E-state index contributed by atoms with van der Waals surface area (Å²) in [5.41, 5.74) is 5.09. The van der Waals surface area contributed by atoms with Gasteiger partial charge in [0.15, 0.2) is 0 Å². The van der Waals surface area contributed by atoms with Crippen molar-refractivity contribution in [1.29, 1.82) is 0 Å². The van der Waals surface area contributed by atoms with E-state index in [4.69, 9.17) is 5.73 Å². The van der Waals surface area contributed by atoms with Gasteiger partial charge in [0.25, 0.3) is 0 Å². The zero-order chi connectivity index (χ0) is 7.86. The number of carbonyl (C=O) groups is 1. The maximum absolute atomic E-state index is 9.82. The fraction of sp³-hybridized carbons (Fsp3) is 0.429. The molecule has 0 heterocycles.